The van der Waals surface area contributed by atoms with Crippen molar-refractivity contribution in [1.82, 2.24) is 4.90 Å². The third-order valence-electron chi connectivity index (χ3n) is 2.43. The van der Waals surface area contributed by atoms with E-state index in [1.165, 1.54) is 24.3 Å². The normalized spacial score (nSPS) is 11.9. The molecule has 2 nitrogen and oxygen atoms in total. The number of hydrogen-bond acceptors (Lipinski definition) is 2. The lowest BCUT2D eigenvalue weighted by Crippen LogP contribution is -2.35. The molecule has 0 N–H and O–H groups in total. The summed E-state index contributed by atoms with van der Waals surface area (Å²) >= 11 is 0. The van der Waals surface area contributed by atoms with Gasteiger partial charge in [-0.1, -0.05) is 13.8 Å². The molecule has 0 aliphatic rings. The molecular weight excluding hydrogens is 205 g/mol. The summed E-state index contributed by atoms with van der Waals surface area (Å²) in [6, 6.07) is 5.71. The number of hydrogen-bond donors (Lipinski definition) is 0. The highest BCUT2D eigenvalue weighted by Gasteiger charge is 2.29. The smallest absolute Gasteiger partial charge is 0.169 e. The zero-order valence-electron chi connectivity index (χ0n) is 10.2. The van der Waals surface area contributed by atoms with Gasteiger partial charge in [-0.3, -0.25) is 4.79 Å². The maximum Gasteiger partial charge on any atom is 0.169 e. The van der Waals surface area contributed by atoms with Gasteiger partial charge in [0.2, 0.25) is 0 Å². The summed E-state index contributed by atoms with van der Waals surface area (Å²) in [6.07, 6.45) is 0. The van der Waals surface area contributed by atoms with Gasteiger partial charge in [0.25, 0.3) is 0 Å². The zero-order chi connectivity index (χ0) is 12.3. The Morgan fingerprint density at radius 3 is 2.19 bits per heavy atom. The van der Waals surface area contributed by atoms with Crippen LogP contribution in [-0.2, 0) is 0 Å². The van der Waals surface area contributed by atoms with E-state index in [0.29, 0.717) is 12.1 Å². The molecule has 0 heterocycles. The summed E-state index contributed by atoms with van der Waals surface area (Å²) < 4.78 is 12.7. The topological polar surface area (TPSA) is 20.3 Å². The SMILES string of the molecule is CN(C)CC(C)(C)C(=O)c1ccc(F)cc1. The second-order valence-corrected chi connectivity index (χ2v) is 4.96. The lowest BCUT2D eigenvalue weighted by molar-refractivity contribution is 0.0797. The maximum absolute atomic E-state index is 12.7. The highest BCUT2D eigenvalue weighted by Crippen LogP contribution is 2.22. The van der Waals surface area contributed by atoms with Crippen LogP contribution in [0.25, 0.3) is 0 Å². The average molecular weight is 223 g/mol. The Balaban J connectivity index is 2.88. The first-order chi connectivity index (χ1) is 7.33. The van der Waals surface area contributed by atoms with Crippen LogP contribution in [0.1, 0.15) is 24.2 Å². The molecule has 0 aliphatic heterocycles. The van der Waals surface area contributed by atoms with Crippen LogP contribution >= 0.6 is 0 Å². The van der Waals surface area contributed by atoms with E-state index in [4.69, 9.17) is 0 Å². The second-order valence-electron chi connectivity index (χ2n) is 4.96. The first-order valence-corrected chi connectivity index (χ1v) is 5.28. The minimum atomic E-state index is -0.457. The standard InChI is InChI=1S/C13H18FNO/c1-13(2,9-15(3)4)12(16)10-5-7-11(14)8-6-10/h5-8H,9H2,1-4H3. The van der Waals surface area contributed by atoms with E-state index in [9.17, 15) is 9.18 Å². The Morgan fingerprint density at radius 1 is 1.25 bits per heavy atom. The van der Waals surface area contributed by atoms with Crippen LogP contribution < -0.4 is 0 Å². The molecule has 1 rings (SSSR count). The van der Waals surface area contributed by atoms with Crippen LogP contribution in [0.15, 0.2) is 24.3 Å². The Kier molecular flexibility index (Phi) is 3.81. The van der Waals surface area contributed by atoms with Gasteiger partial charge < -0.3 is 4.90 Å². The molecule has 0 amide bonds. The average Bonchev–Trinajstić information content (AvgIpc) is 2.16. The van der Waals surface area contributed by atoms with Crippen molar-refractivity contribution in [1.29, 1.82) is 0 Å². The fraction of sp³-hybridized carbons (Fsp3) is 0.462. The van der Waals surface area contributed by atoms with Crippen LogP contribution in [0.3, 0.4) is 0 Å². The maximum atomic E-state index is 12.7. The second kappa shape index (κ2) is 4.74. The first-order valence-electron chi connectivity index (χ1n) is 5.28. The number of ketones is 1. The predicted molar refractivity (Wildman–Crippen MR) is 63.1 cm³/mol. The number of nitrogens with zero attached hydrogens (tertiary/aromatic N) is 1. The number of carbonyl (C=O) groups excluding carboxylic acids is 1. The molecule has 0 bridgehead atoms. The van der Waals surface area contributed by atoms with Crippen LogP contribution in [0, 0.1) is 11.2 Å². The van der Waals surface area contributed by atoms with Crippen LogP contribution in [-0.4, -0.2) is 31.3 Å². The number of carbonyl (C=O) groups is 1. The van der Waals surface area contributed by atoms with Crippen molar-refractivity contribution in [3.8, 4) is 0 Å². The number of halogens is 1. The van der Waals surface area contributed by atoms with Gasteiger partial charge in [0.1, 0.15) is 5.82 Å². The van der Waals surface area contributed by atoms with E-state index in [-0.39, 0.29) is 11.6 Å². The number of benzene rings is 1. The van der Waals surface area contributed by atoms with Gasteiger partial charge in [-0.15, -0.1) is 0 Å². The van der Waals surface area contributed by atoms with Gasteiger partial charge in [0.05, 0.1) is 0 Å². The summed E-state index contributed by atoms with van der Waals surface area (Å²) in [5, 5.41) is 0. The Labute approximate surface area is 96.1 Å². The highest BCUT2D eigenvalue weighted by molar-refractivity contribution is 6.00. The molecular formula is C13H18FNO. The van der Waals surface area contributed by atoms with Crippen LogP contribution in [0.4, 0.5) is 4.39 Å². The lowest BCUT2D eigenvalue weighted by Gasteiger charge is -2.26. The van der Waals surface area contributed by atoms with Crippen molar-refractivity contribution in [3.05, 3.63) is 35.6 Å². The number of rotatable bonds is 4. The minimum Gasteiger partial charge on any atom is -0.308 e. The monoisotopic (exact) mass is 223 g/mol. The van der Waals surface area contributed by atoms with Gasteiger partial charge in [-0.05, 0) is 38.4 Å². The molecule has 0 spiro atoms. The van der Waals surface area contributed by atoms with Gasteiger partial charge >= 0.3 is 0 Å². The third kappa shape index (κ3) is 3.14. The van der Waals surface area contributed by atoms with E-state index in [1.54, 1.807) is 0 Å². The van der Waals surface area contributed by atoms with Crippen molar-refractivity contribution in [2.75, 3.05) is 20.6 Å². The molecule has 0 fully saturated rings. The summed E-state index contributed by atoms with van der Waals surface area (Å²) in [6.45, 7) is 4.47. The summed E-state index contributed by atoms with van der Waals surface area (Å²) in [4.78, 5) is 14.1. The molecule has 1 aromatic rings. The molecule has 3 heteroatoms. The van der Waals surface area contributed by atoms with E-state index in [2.05, 4.69) is 0 Å². The Bertz CT molecular complexity index is 368. The molecule has 0 aliphatic carbocycles. The van der Waals surface area contributed by atoms with Crippen molar-refractivity contribution >= 4 is 5.78 Å². The summed E-state index contributed by atoms with van der Waals surface area (Å²) in [7, 11) is 3.86. The van der Waals surface area contributed by atoms with E-state index >= 15 is 0 Å². The summed E-state index contributed by atoms with van der Waals surface area (Å²) in [5.74, 6) is -0.275. The molecule has 0 saturated heterocycles. The molecule has 0 aromatic heterocycles. The van der Waals surface area contributed by atoms with Gasteiger partial charge in [0, 0.05) is 17.5 Å². The van der Waals surface area contributed by atoms with Crippen molar-refractivity contribution in [3.63, 3.8) is 0 Å². The van der Waals surface area contributed by atoms with E-state index in [1.807, 2.05) is 32.8 Å². The Hall–Kier alpha value is -1.22. The highest BCUT2D eigenvalue weighted by atomic mass is 19.1. The molecule has 0 atom stereocenters. The van der Waals surface area contributed by atoms with Crippen LogP contribution in [0.2, 0.25) is 0 Å². The minimum absolute atomic E-state index is 0.0428. The summed E-state index contributed by atoms with van der Waals surface area (Å²) in [5.41, 5.74) is 0.106. The van der Waals surface area contributed by atoms with Gasteiger partial charge in [0.15, 0.2) is 5.78 Å². The molecule has 88 valence electrons. The van der Waals surface area contributed by atoms with E-state index in [0.717, 1.165) is 0 Å². The van der Waals surface area contributed by atoms with Gasteiger partial charge in [-0.2, -0.15) is 0 Å². The van der Waals surface area contributed by atoms with Crippen molar-refractivity contribution in [2.45, 2.75) is 13.8 Å². The fourth-order valence-electron chi connectivity index (χ4n) is 1.85. The van der Waals surface area contributed by atoms with Crippen LogP contribution in [0.5, 0.6) is 0 Å². The quantitative estimate of drug-likeness (QED) is 0.731. The van der Waals surface area contributed by atoms with Gasteiger partial charge in [-0.25, -0.2) is 4.39 Å². The first kappa shape index (κ1) is 12.8. The number of Topliss-reactive ketones (excluding diaryl/α,β-unsaturated/α-hetero) is 1. The molecule has 1 aromatic carbocycles. The molecule has 16 heavy (non-hydrogen) atoms. The fourth-order valence-corrected chi connectivity index (χ4v) is 1.85. The molecule has 0 radical (unpaired) electrons. The third-order valence-corrected chi connectivity index (χ3v) is 2.43. The predicted octanol–water partition coefficient (Wildman–Crippen LogP) is 2.60. The van der Waals surface area contributed by atoms with Crippen molar-refractivity contribution in [2.24, 2.45) is 5.41 Å². The molecule has 0 saturated carbocycles. The zero-order valence-corrected chi connectivity index (χ0v) is 10.2. The Morgan fingerprint density at radius 2 is 1.75 bits per heavy atom. The molecule has 0 unspecified atom stereocenters. The lowest BCUT2D eigenvalue weighted by atomic mass is 9.84. The largest absolute Gasteiger partial charge is 0.308 e. The van der Waals surface area contributed by atoms with E-state index < -0.39 is 5.41 Å². The van der Waals surface area contributed by atoms with Crippen molar-refractivity contribution < 1.29 is 9.18 Å².